The van der Waals surface area contributed by atoms with Gasteiger partial charge in [-0.1, -0.05) is 115 Å². The van der Waals surface area contributed by atoms with Gasteiger partial charge in [-0.15, -0.1) is 11.3 Å². The van der Waals surface area contributed by atoms with Gasteiger partial charge in [-0.3, -0.25) is 0 Å². The van der Waals surface area contributed by atoms with Crippen molar-refractivity contribution >= 4 is 70.1 Å². The minimum Gasteiger partial charge on any atom is -0.309 e. The molecule has 0 atom stereocenters. The second-order valence-electron chi connectivity index (χ2n) is 10.2. The molecular weight excluding hydrogens is 502 g/mol. The highest BCUT2D eigenvalue weighted by atomic mass is 32.1. The summed E-state index contributed by atoms with van der Waals surface area (Å²) in [6.07, 6.45) is 0. The van der Waals surface area contributed by atoms with Crippen LogP contribution < -0.4 is 4.90 Å². The lowest BCUT2D eigenvalue weighted by Crippen LogP contribution is -2.11. The van der Waals surface area contributed by atoms with E-state index >= 15 is 0 Å². The number of benzene rings is 7. The SMILES string of the molecule is c1ccc(-c2ccc3sc4c5ccccc5c(N(c5ccccc5)c5cccc6ccccc56)cc4c3c2)cc1. The lowest BCUT2D eigenvalue weighted by molar-refractivity contribution is 1.32. The number of nitrogens with zero attached hydrogens (tertiary/aromatic N) is 1. The van der Waals surface area contributed by atoms with Crippen LogP contribution in [0.2, 0.25) is 0 Å². The molecule has 8 aromatic rings. The molecule has 0 spiro atoms. The van der Waals surface area contributed by atoms with Crippen LogP contribution in [0.3, 0.4) is 0 Å². The van der Waals surface area contributed by atoms with E-state index in [2.05, 4.69) is 157 Å². The monoisotopic (exact) mass is 527 g/mol. The van der Waals surface area contributed by atoms with Crippen molar-refractivity contribution < 1.29 is 0 Å². The van der Waals surface area contributed by atoms with Gasteiger partial charge in [0.2, 0.25) is 0 Å². The van der Waals surface area contributed by atoms with Crippen LogP contribution >= 0.6 is 11.3 Å². The van der Waals surface area contributed by atoms with Crippen LogP contribution in [0.5, 0.6) is 0 Å². The summed E-state index contributed by atoms with van der Waals surface area (Å²) < 4.78 is 2.65. The van der Waals surface area contributed by atoms with E-state index in [0.29, 0.717) is 0 Å². The predicted molar refractivity (Wildman–Crippen MR) is 174 cm³/mol. The van der Waals surface area contributed by atoms with Gasteiger partial charge >= 0.3 is 0 Å². The number of hydrogen-bond acceptors (Lipinski definition) is 2. The summed E-state index contributed by atoms with van der Waals surface area (Å²) in [5.41, 5.74) is 6.00. The Labute approximate surface area is 237 Å². The van der Waals surface area contributed by atoms with Gasteiger partial charge in [0.25, 0.3) is 0 Å². The van der Waals surface area contributed by atoms with E-state index in [9.17, 15) is 0 Å². The van der Waals surface area contributed by atoms with Crippen molar-refractivity contribution in [1.29, 1.82) is 0 Å². The molecular formula is C38H25NS. The number of para-hydroxylation sites is 1. The van der Waals surface area contributed by atoms with Crippen molar-refractivity contribution in [1.82, 2.24) is 0 Å². The molecule has 188 valence electrons. The molecule has 0 aliphatic heterocycles. The van der Waals surface area contributed by atoms with E-state index in [1.165, 1.54) is 64.2 Å². The van der Waals surface area contributed by atoms with Gasteiger partial charge in [0.1, 0.15) is 0 Å². The second-order valence-corrected chi connectivity index (χ2v) is 11.2. The summed E-state index contributed by atoms with van der Waals surface area (Å²) in [5, 5.41) is 7.62. The molecule has 1 heterocycles. The Hall–Kier alpha value is -4.92. The van der Waals surface area contributed by atoms with Gasteiger partial charge in [0.05, 0.1) is 11.4 Å². The smallest absolute Gasteiger partial charge is 0.0547 e. The van der Waals surface area contributed by atoms with Gasteiger partial charge in [0, 0.05) is 42.0 Å². The molecule has 0 aliphatic carbocycles. The fourth-order valence-corrected chi connectivity index (χ4v) is 7.16. The predicted octanol–water partition coefficient (Wildman–Crippen LogP) is 11.5. The fourth-order valence-electron chi connectivity index (χ4n) is 5.96. The zero-order valence-electron chi connectivity index (χ0n) is 21.8. The first kappa shape index (κ1) is 23.0. The normalized spacial score (nSPS) is 11.5. The van der Waals surface area contributed by atoms with Crippen LogP contribution in [0.15, 0.2) is 152 Å². The lowest BCUT2D eigenvalue weighted by Gasteiger charge is -2.28. The van der Waals surface area contributed by atoms with E-state index < -0.39 is 0 Å². The van der Waals surface area contributed by atoms with Crippen molar-refractivity contribution in [2.75, 3.05) is 4.90 Å². The first-order valence-corrected chi connectivity index (χ1v) is 14.4. The summed E-state index contributed by atoms with van der Waals surface area (Å²) >= 11 is 1.89. The van der Waals surface area contributed by atoms with Gasteiger partial charge in [-0.25, -0.2) is 0 Å². The van der Waals surface area contributed by atoms with Crippen LogP contribution in [0.1, 0.15) is 0 Å². The molecule has 0 N–H and O–H groups in total. The first-order chi connectivity index (χ1) is 19.8. The quantitative estimate of drug-likeness (QED) is 0.220. The topological polar surface area (TPSA) is 3.24 Å². The molecule has 0 saturated heterocycles. The van der Waals surface area contributed by atoms with E-state index in [1.807, 2.05) is 11.3 Å². The number of rotatable bonds is 4. The molecule has 0 bridgehead atoms. The summed E-state index contributed by atoms with van der Waals surface area (Å²) in [7, 11) is 0. The zero-order chi connectivity index (χ0) is 26.5. The number of thiophene rings is 1. The molecule has 0 radical (unpaired) electrons. The Morgan fingerprint density at radius 3 is 1.90 bits per heavy atom. The Balaban J connectivity index is 1.47. The highest BCUT2D eigenvalue weighted by molar-refractivity contribution is 7.26. The average molecular weight is 528 g/mol. The Morgan fingerprint density at radius 1 is 0.400 bits per heavy atom. The number of fused-ring (bicyclic) bond motifs is 6. The average Bonchev–Trinajstić information content (AvgIpc) is 3.40. The van der Waals surface area contributed by atoms with Gasteiger partial charge in [0.15, 0.2) is 0 Å². The zero-order valence-corrected chi connectivity index (χ0v) is 22.6. The highest BCUT2D eigenvalue weighted by Gasteiger charge is 2.20. The van der Waals surface area contributed by atoms with Gasteiger partial charge in [-0.05, 0) is 52.9 Å². The molecule has 0 aliphatic rings. The minimum atomic E-state index is 1.15. The van der Waals surface area contributed by atoms with Crippen molar-refractivity contribution in [2.45, 2.75) is 0 Å². The number of hydrogen-bond donors (Lipinski definition) is 0. The largest absolute Gasteiger partial charge is 0.309 e. The molecule has 1 nitrogen and oxygen atoms in total. The Bertz CT molecular complexity index is 2150. The van der Waals surface area contributed by atoms with Crippen molar-refractivity contribution in [3.63, 3.8) is 0 Å². The van der Waals surface area contributed by atoms with Crippen molar-refractivity contribution in [3.05, 3.63) is 152 Å². The maximum absolute atomic E-state index is 2.44. The highest BCUT2D eigenvalue weighted by Crippen LogP contribution is 2.47. The van der Waals surface area contributed by atoms with Crippen LogP contribution in [0.4, 0.5) is 17.1 Å². The third-order valence-corrected chi connectivity index (χ3v) is 9.04. The first-order valence-electron chi connectivity index (χ1n) is 13.6. The molecule has 0 fully saturated rings. The Morgan fingerprint density at radius 2 is 1.07 bits per heavy atom. The second kappa shape index (κ2) is 9.37. The molecule has 40 heavy (non-hydrogen) atoms. The van der Waals surface area contributed by atoms with E-state index in [-0.39, 0.29) is 0 Å². The molecule has 8 rings (SSSR count). The Kier molecular flexibility index (Phi) is 5.39. The van der Waals surface area contributed by atoms with Crippen LogP contribution in [-0.2, 0) is 0 Å². The molecule has 0 saturated carbocycles. The maximum atomic E-state index is 2.44. The van der Waals surface area contributed by atoms with E-state index in [0.717, 1.165) is 5.69 Å². The van der Waals surface area contributed by atoms with Gasteiger partial charge < -0.3 is 4.90 Å². The summed E-state index contributed by atoms with van der Waals surface area (Å²) in [6, 6.07) is 54.9. The summed E-state index contributed by atoms with van der Waals surface area (Å²) in [5.74, 6) is 0. The van der Waals surface area contributed by atoms with E-state index in [1.54, 1.807) is 0 Å². The van der Waals surface area contributed by atoms with Gasteiger partial charge in [-0.2, -0.15) is 0 Å². The van der Waals surface area contributed by atoms with Crippen molar-refractivity contribution in [2.24, 2.45) is 0 Å². The number of anilines is 3. The summed E-state index contributed by atoms with van der Waals surface area (Å²) in [6.45, 7) is 0. The standard InChI is InChI=1S/C38H25NS/c1-3-12-26(13-4-1)28-22-23-37-33(24-28)34-25-36(31-19-9-10-20-32(31)38(34)40-37)39(29-16-5-2-6-17-29)35-21-11-15-27-14-7-8-18-30(27)35/h1-25H. The maximum Gasteiger partial charge on any atom is 0.0547 e. The molecule has 7 aromatic carbocycles. The third kappa shape index (κ3) is 3.69. The molecule has 0 unspecified atom stereocenters. The minimum absolute atomic E-state index is 1.15. The molecule has 2 heteroatoms. The van der Waals surface area contributed by atoms with Crippen LogP contribution in [0, 0.1) is 0 Å². The summed E-state index contributed by atoms with van der Waals surface area (Å²) in [4.78, 5) is 2.44. The van der Waals surface area contributed by atoms with E-state index in [4.69, 9.17) is 0 Å². The van der Waals surface area contributed by atoms with Crippen LogP contribution in [0.25, 0.3) is 52.8 Å². The lowest BCUT2D eigenvalue weighted by atomic mass is 9.99. The van der Waals surface area contributed by atoms with Crippen molar-refractivity contribution in [3.8, 4) is 11.1 Å². The molecule has 0 amide bonds. The van der Waals surface area contributed by atoms with Crippen LogP contribution in [-0.4, -0.2) is 0 Å². The molecule has 1 aromatic heterocycles. The fraction of sp³-hybridized carbons (Fsp3) is 0. The third-order valence-electron chi connectivity index (χ3n) is 7.83.